The molecule has 0 bridgehead atoms. The van der Waals surface area contributed by atoms with Crippen molar-refractivity contribution < 1.29 is 4.74 Å². The SMILES string of the molecule is Brc1ccc2c(c1)C1(c3ccccc3O2)c2cccnc2-c2ncc(Br)cc21. The zero-order valence-electron chi connectivity index (χ0n) is 14.5. The van der Waals surface area contributed by atoms with Crippen LogP contribution in [0.3, 0.4) is 0 Å². The van der Waals surface area contributed by atoms with E-state index in [1.165, 1.54) is 0 Å². The van der Waals surface area contributed by atoms with Crippen molar-refractivity contribution in [3.05, 3.63) is 104 Å². The molecule has 2 aromatic heterocycles. The van der Waals surface area contributed by atoms with Crippen LogP contribution >= 0.6 is 31.9 Å². The Morgan fingerprint density at radius 3 is 2.36 bits per heavy atom. The van der Waals surface area contributed by atoms with Crippen molar-refractivity contribution in [2.24, 2.45) is 0 Å². The predicted octanol–water partition coefficient (Wildman–Crippen LogP) is 6.47. The van der Waals surface area contributed by atoms with Gasteiger partial charge in [0.2, 0.25) is 0 Å². The van der Waals surface area contributed by atoms with Crippen molar-refractivity contribution in [3.8, 4) is 22.9 Å². The van der Waals surface area contributed by atoms with Gasteiger partial charge in [0.1, 0.15) is 11.5 Å². The number of hydrogen-bond acceptors (Lipinski definition) is 3. The summed E-state index contributed by atoms with van der Waals surface area (Å²) in [6, 6.07) is 20.8. The Morgan fingerprint density at radius 1 is 0.679 bits per heavy atom. The maximum absolute atomic E-state index is 6.31. The molecule has 0 radical (unpaired) electrons. The lowest BCUT2D eigenvalue weighted by Gasteiger charge is -2.39. The van der Waals surface area contributed by atoms with Gasteiger partial charge in [-0.1, -0.05) is 40.2 Å². The van der Waals surface area contributed by atoms with E-state index in [2.05, 4.69) is 62.2 Å². The van der Waals surface area contributed by atoms with Crippen LogP contribution in [0.25, 0.3) is 11.4 Å². The van der Waals surface area contributed by atoms with Crippen molar-refractivity contribution in [1.29, 1.82) is 0 Å². The van der Waals surface area contributed by atoms with Crippen molar-refractivity contribution >= 4 is 31.9 Å². The number of aromatic nitrogens is 2. The zero-order chi connectivity index (χ0) is 18.9. The first-order chi connectivity index (χ1) is 13.7. The van der Waals surface area contributed by atoms with E-state index >= 15 is 0 Å². The molecule has 1 aliphatic carbocycles. The zero-order valence-corrected chi connectivity index (χ0v) is 17.7. The first kappa shape index (κ1) is 16.5. The molecule has 2 aromatic carbocycles. The number of benzene rings is 2. The van der Waals surface area contributed by atoms with E-state index in [4.69, 9.17) is 14.7 Å². The predicted molar refractivity (Wildman–Crippen MR) is 115 cm³/mol. The molecule has 134 valence electrons. The molecule has 5 heteroatoms. The van der Waals surface area contributed by atoms with Gasteiger partial charge in [-0.05, 0) is 57.9 Å². The summed E-state index contributed by atoms with van der Waals surface area (Å²) >= 11 is 7.29. The number of hydrogen-bond donors (Lipinski definition) is 0. The molecule has 3 nitrogen and oxygen atoms in total. The minimum absolute atomic E-state index is 0.524. The van der Waals surface area contributed by atoms with Gasteiger partial charge in [0.15, 0.2) is 0 Å². The summed E-state index contributed by atoms with van der Waals surface area (Å²) in [6.07, 6.45) is 3.67. The molecule has 0 amide bonds. The lowest BCUT2D eigenvalue weighted by atomic mass is 9.66. The monoisotopic (exact) mass is 490 g/mol. The Hall–Kier alpha value is -2.50. The number of nitrogens with zero attached hydrogens (tertiary/aromatic N) is 2. The van der Waals surface area contributed by atoms with Crippen LogP contribution in [0.15, 0.2) is 82.0 Å². The van der Waals surface area contributed by atoms with Crippen molar-refractivity contribution in [1.82, 2.24) is 9.97 Å². The van der Waals surface area contributed by atoms with Crippen LogP contribution in [0.5, 0.6) is 11.5 Å². The van der Waals surface area contributed by atoms with Gasteiger partial charge in [-0.15, -0.1) is 0 Å². The normalized spacial score (nSPS) is 18.1. The van der Waals surface area contributed by atoms with Gasteiger partial charge in [0.05, 0.1) is 16.8 Å². The van der Waals surface area contributed by atoms with E-state index < -0.39 is 5.41 Å². The highest BCUT2D eigenvalue weighted by molar-refractivity contribution is 9.10. The highest BCUT2D eigenvalue weighted by Gasteiger charge is 2.52. The molecule has 1 spiro atoms. The second kappa shape index (κ2) is 5.75. The number of pyridine rings is 2. The van der Waals surface area contributed by atoms with E-state index in [1.54, 1.807) is 0 Å². The van der Waals surface area contributed by atoms with Crippen molar-refractivity contribution in [2.45, 2.75) is 5.41 Å². The highest BCUT2D eigenvalue weighted by atomic mass is 79.9. The maximum Gasteiger partial charge on any atom is 0.132 e. The van der Waals surface area contributed by atoms with E-state index in [0.717, 1.165) is 54.1 Å². The number of para-hydroxylation sites is 1. The lowest BCUT2D eigenvalue weighted by molar-refractivity contribution is 0.436. The summed E-state index contributed by atoms with van der Waals surface area (Å²) in [7, 11) is 0. The molecule has 3 heterocycles. The van der Waals surface area contributed by atoms with E-state index in [0.29, 0.717) is 0 Å². The molecule has 1 unspecified atom stereocenters. The van der Waals surface area contributed by atoms with Gasteiger partial charge in [0, 0.05) is 38.0 Å². The quantitative estimate of drug-likeness (QED) is 0.244. The maximum atomic E-state index is 6.31. The van der Waals surface area contributed by atoms with Crippen LogP contribution < -0.4 is 4.74 Å². The molecule has 28 heavy (non-hydrogen) atoms. The molecule has 0 fully saturated rings. The number of fused-ring (bicyclic) bond motifs is 9. The molecule has 4 aromatic rings. The Bertz CT molecular complexity index is 1290. The van der Waals surface area contributed by atoms with Gasteiger partial charge in [-0.2, -0.15) is 0 Å². The molecule has 1 atom stereocenters. The van der Waals surface area contributed by atoms with Gasteiger partial charge >= 0.3 is 0 Å². The first-order valence-corrected chi connectivity index (χ1v) is 10.5. The molecule has 0 saturated carbocycles. The Kier molecular flexibility index (Phi) is 3.38. The third-order valence-electron chi connectivity index (χ3n) is 5.55. The van der Waals surface area contributed by atoms with Crippen LogP contribution in [0, 0.1) is 0 Å². The van der Waals surface area contributed by atoms with Gasteiger partial charge in [-0.3, -0.25) is 9.97 Å². The van der Waals surface area contributed by atoms with Crippen LogP contribution in [0.4, 0.5) is 0 Å². The minimum Gasteiger partial charge on any atom is -0.457 e. The number of ether oxygens (including phenoxy) is 1. The molecular formula is C23H12Br2N2O. The van der Waals surface area contributed by atoms with Gasteiger partial charge < -0.3 is 4.74 Å². The standard InChI is InChI=1S/C23H12Br2N2O/c24-13-7-8-20-17(10-13)23(15-4-1-2-6-19(15)28-20)16-5-3-9-26-21(16)22-18(23)11-14(25)12-27-22/h1-12H. The third-order valence-corrected chi connectivity index (χ3v) is 6.48. The van der Waals surface area contributed by atoms with Crippen LogP contribution in [0.2, 0.25) is 0 Å². The number of halogens is 2. The van der Waals surface area contributed by atoms with Gasteiger partial charge in [0.25, 0.3) is 0 Å². The Balaban J connectivity index is 1.87. The number of rotatable bonds is 0. The third kappa shape index (κ3) is 1.98. The topological polar surface area (TPSA) is 35.0 Å². The molecular weight excluding hydrogens is 480 g/mol. The van der Waals surface area contributed by atoms with E-state index in [9.17, 15) is 0 Å². The smallest absolute Gasteiger partial charge is 0.132 e. The molecule has 2 aliphatic rings. The van der Waals surface area contributed by atoms with E-state index in [-0.39, 0.29) is 0 Å². The molecule has 1 aliphatic heterocycles. The summed E-state index contributed by atoms with van der Waals surface area (Å²) in [5.74, 6) is 1.71. The summed E-state index contributed by atoms with van der Waals surface area (Å²) in [5, 5.41) is 0. The molecule has 0 N–H and O–H groups in total. The highest BCUT2D eigenvalue weighted by Crippen LogP contribution is 2.61. The first-order valence-electron chi connectivity index (χ1n) is 8.89. The average molecular weight is 492 g/mol. The molecule has 6 rings (SSSR count). The lowest BCUT2D eigenvalue weighted by Crippen LogP contribution is -2.32. The van der Waals surface area contributed by atoms with Crippen LogP contribution in [0.1, 0.15) is 22.3 Å². The average Bonchev–Trinajstić information content (AvgIpc) is 3.00. The second-order valence-electron chi connectivity index (χ2n) is 6.94. The minimum atomic E-state index is -0.524. The van der Waals surface area contributed by atoms with Crippen LogP contribution in [-0.2, 0) is 5.41 Å². The summed E-state index contributed by atoms with van der Waals surface area (Å²) in [5.41, 5.74) is 5.76. The van der Waals surface area contributed by atoms with Gasteiger partial charge in [-0.25, -0.2) is 0 Å². The largest absolute Gasteiger partial charge is 0.457 e. The fourth-order valence-electron chi connectivity index (χ4n) is 4.55. The van der Waals surface area contributed by atoms with Crippen molar-refractivity contribution in [3.63, 3.8) is 0 Å². The summed E-state index contributed by atoms with van der Waals surface area (Å²) in [6.45, 7) is 0. The Morgan fingerprint density at radius 2 is 1.43 bits per heavy atom. The second-order valence-corrected chi connectivity index (χ2v) is 8.77. The fourth-order valence-corrected chi connectivity index (χ4v) is 5.24. The van der Waals surface area contributed by atoms with Crippen molar-refractivity contribution in [2.75, 3.05) is 0 Å². The summed E-state index contributed by atoms with van der Waals surface area (Å²) < 4.78 is 8.26. The molecule has 0 saturated heterocycles. The Labute approximate surface area is 178 Å². The van der Waals surface area contributed by atoms with E-state index in [1.807, 2.05) is 42.7 Å². The van der Waals surface area contributed by atoms with Crippen LogP contribution in [-0.4, -0.2) is 9.97 Å². The fraction of sp³-hybridized carbons (Fsp3) is 0.0435. The summed E-state index contributed by atoms with van der Waals surface area (Å²) in [4.78, 5) is 9.47.